The number of halogens is 3. The minimum absolute atomic E-state index is 0.483. The zero-order chi connectivity index (χ0) is 13.1. The summed E-state index contributed by atoms with van der Waals surface area (Å²) in [7, 11) is 0. The summed E-state index contributed by atoms with van der Waals surface area (Å²) >= 11 is 14.2. The molecule has 90 valence electrons. The van der Waals surface area contributed by atoms with Gasteiger partial charge in [-0.3, -0.25) is 0 Å². The van der Waals surface area contributed by atoms with Crippen molar-refractivity contribution < 1.29 is 0 Å². The van der Waals surface area contributed by atoms with E-state index in [1.54, 1.807) is 18.2 Å². The molecule has 0 amide bonds. The number of benzene rings is 2. The number of hydrogen-bond acceptors (Lipinski definition) is 2. The van der Waals surface area contributed by atoms with Crippen molar-refractivity contribution in [1.29, 1.82) is 5.26 Å². The lowest BCUT2D eigenvalue weighted by Crippen LogP contribution is -1.94. The van der Waals surface area contributed by atoms with Crippen LogP contribution in [0.4, 0.5) is 11.4 Å². The van der Waals surface area contributed by atoms with Crippen LogP contribution < -0.4 is 5.32 Å². The standard InChI is InChI=1S/C13H7Cl2IN2/c14-9-1-3-12(8(5-9)7-17)18-13-4-2-10(16)6-11(13)15/h1-6,18H. The highest BCUT2D eigenvalue weighted by Crippen LogP contribution is 2.29. The van der Waals surface area contributed by atoms with Crippen molar-refractivity contribution in [2.45, 2.75) is 0 Å². The Bertz CT molecular complexity index is 635. The second-order valence-corrected chi connectivity index (χ2v) is 5.64. The Morgan fingerprint density at radius 1 is 1.06 bits per heavy atom. The van der Waals surface area contributed by atoms with E-state index in [0.29, 0.717) is 21.3 Å². The molecular weight excluding hydrogens is 382 g/mol. The largest absolute Gasteiger partial charge is 0.353 e. The van der Waals surface area contributed by atoms with Crippen LogP contribution in [0.2, 0.25) is 10.0 Å². The summed E-state index contributed by atoms with van der Waals surface area (Å²) in [6.45, 7) is 0. The molecule has 0 saturated heterocycles. The van der Waals surface area contributed by atoms with Gasteiger partial charge in [-0.1, -0.05) is 23.2 Å². The molecule has 0 unspecified atom stereocenters. The van der Waals surface area contributed by atoms with Crippen molar-refractivity contribution in [3.05, 3.63) is 55.6 Å². The second kappa shape index (κ2) is 5.79. The van der Waals surface area contributed by atoms with Gasteiger partial charge in [-0.25, -0.2) is 0 Å². The van der Waals surface area contributed by atoms with Gasteiger partial charge in [0.1, 0.15) is 6.07 Å². The third-order valence-electron chi connectivity index (χ3n) is 2.30. The molecule has 0 radical (unpaired) electrons. The SMILES string of the molecule is N#Cc1cc(Cl)ccc1Nc1ccc(I)cc1Cl. The molecule has 0 saturated carbocycles. The van der Waals surface area contributed by atoms with Crippen molar-refractivity contribution in [2.75, 3.05) is 5.32 Å². The van der Waals surface area contributed by atoms with E-state index >= 15 is 0 Å². The zero-order valence-electron chi connectivity index (χ0n) is 9.05. The Kier molecular flexibility index (Phi) is 4.33. The van der Waals surface area contributed by atoms with Crippen molar-refractivity contribution in [3.8, 4) is 6.07 Å². The highest BCUT2D eigenvalue weighted by Gasteiger charge is 2.06. The maximum Gasteiger partial charge on any atom is 0.101 e. The molecule has 5 heteroatoms. The molecule has 0 aliphatic heterocycles. The number of rotatable bonds is 2. The van der Waals surface area contributed by atoms with E-state index in [1.165, 1.54) is 0 Å². The molecule has 0 fully saturated rings. The van der Waals surface area contributed by atoms with Crippen LogP contribution in [0.3, 0.4) is 0 Å². The van der Waals surface area contributed by atoms with Crippen LogP contribution in [0, 0.1) is 14.9 Å². The first-order valence-electron chi connectivity index (χ1n) is 5.02. The summed E-state index contributed by atoms with van der Waals surface area (Å²) < 4.78 is 1.06. The van der Waals surface area contributed by atoms with E-state index in [0.717, 1.165) is 9.26 Å². The molecule has 0 spiro atoms. The van der Waals surface area contributed by atoms with Gasteiger partial charge in [-0.15, -0.1) is 0 Å². The molecule has 0 aliphatic carbocycles. The van der Waals surface area contributed by atoms with Crippen molar-refractivity contribution in [1.82, 2.24) is 0 Å². The molecule has 0 heterocycles. The minimum Gasteiger partial charge on any atom is -0.353 e. The summed E-state index contributed by atoms with van der Waals surface area (Å²) in [4.78, 5) is 0. The Morgan fingerprint density at radius 3 is 2.44 bits per heavy atom. The predicted molar refractivity (Wildman–Crippen MR) is 83.6 cm³/mol. The van der Waals surface area contributed by atoms with E-state index < -0.39 is 0 Å². The first-order chi connectivity index (χ1) is 8.60. The fourth-order valence-corrected chi connectivity index (χ4v) is 2.53. The van der Waals surface area contributed by atoms with Gasteiger partial charge in [0.2, 0.25) is 0 Å². The van der Waals surface area contributed by atoms with Crippen LogP contribution >= 0.6 is 45.8 Å². The highest BCUT2D eigenvalue weighted by atomic mass is 127. The van der Waals surface area contributed by atoms with Crippen LogP contribution in [0.1, 0.15) is 5.56 Å². The first kappa shape index (κ1) is 13.5. The van der Waals surface area contributed by atoms with Crippen LogP contribution in [0.25, 0.3) is 0 Å². The molecule has 18 heavy (non-hydrogen) atoms. The Hall–Kier alpha value is -0.960. The van der Waals surface area contributed by atoms with E-state index in [1.807, 2.05) is 18.2 Å². The smallest absolute Gasteiger partial charge is 0.101 e. The third kappa shape index (κ3) is 3.08. The molecule has 0 aliphatic rings. The first-order valence-corrected chi connectivity index (χ1v) is 6.85. The normalized spacial score (nSPS) is 9.89. The summed E-state index contributed by atoms with van der Waals surface area (Å²) in [6, 6.07) is 12.9. The van der Waals surface area contributed by atoms with E-state index in [2.05, 4.69) is 34.0 Å². The number of nitriles is 1. The van der Waals surface area contributed by atoms with Gasteiger partial charge >= 0.3 is 0 Å². The monoisotopic (exact) mass is 388 g/mol. The highest BCUT2D eigenvalue weighted by molar-refractivity contribution is 14.1. The third-order valence-corrected chi connectivity index (χ3v) is 3.52. The molecule has 2 nitrogen and oxygen atoms in total. The topological polar surface area (TPSA) is 35.8 Å². The molecule has 2 aromatic carbocycles. The fraction of sp³-hybridized carbons (Fsp3) is 0. The lowest BCUT2D eigenvalue weighted by atomic mass is 10.2. The van der Waals surface area contributed by atoms with E-state index in [4.69, 9.17) is 28.5 Å². The maximum atomic E-state index is 9.05. The maximum absolute atomic E-state index is 9.05. The number of hydrogen-bond donors (Lipinski definition) is 1. The van der Waals surface area contributed by atoms with Crippen LogP contribution in [0.15, 0.2) is 36.4 Å². The Morgan fingerprint density at radius 2 is 1.78 bits per heavy atom. The van der Waals surface area contributed by atoms with Gasteiger partial charge in [0, 0.05) is 8.59 Å². The predicted octanol–water partition coefficient (Wildman–Crippen LogP) is 5.21. The molecule has 0 aromatic heterocycles. The average Bonchev–Trinajstić information content (AvgIpc) is 2.34. The van der Waals surface area contributed by atoms with Crippen LogP contribution in [-0.2, 0) is 0 Å². The molecule has 0 atom stereocenters. The van der Waals surface area contributed by atoms with Crippen LogP contribution in [-0.4, -0.2) is 0 Å². The second-order valence-electron chi connectivity index (χ2n) is 3.55. The molecular formula is C13H7Cl2IN2. The molecule has 1 N–H and O–H groups in total. The lowest BCUT2D eigenvalue weighted by Gasteiger charge is -2.10. The minimum atomic E-state index is 0.483. The molecule has 0 bridgehead atoms. The van der Waals surface area contributed by atoms with Crippen molar-refractivity contribution >= 4 is 57.2 Å². The number of anilines is 2. The van der Waals surface area contributed by atoms with Gasteiger partial charge in [0.25, 0.3) is 0 Å². The Labute approximate surface area is 129 Å². The Balaban J connectivity index is 2.37. The van der Waals surface area contributed by atoms with Crippen LogP contribution in [0.5, 0.6) is 0 Å². The number of nitrogens with one attached hydrogen (secondary N) is 1. The van der Waals surface area contributed by atoms with E-state index in [-0.39, 0.29) is 0 Å². The zero-order valence-corrected chi connectivity index (χ0v) is 12.7. The summed E-state index contributed by atoms with van der Waals surface area (Å²) in [5, 5.41) is 13.3. The van der Waals surface area contributed by atoms with Gasteiger partial charge in [-0.05, 0) is 59.0 Å². The average molecular weight is 389 g/mol. The van der Waals surface area contributed by atoms with Gasteiger partial charge in [-0.2, -0.15) is 5.26 Å². The van der Waals surface area contributed by atoms with Crippen molar-refractivity contribution in [3.63, 3.8) is 0 Å². The molecule has 2 rings (SSSR count). The fourth-order valence-electron chi connectivity index (χ4n) is 1.45. The van der Waals surface area contributed by atoms with Crippen molar-refractivity contribution in [2.24, 2.45) is 0 Å². The number of nitrogens with zero attached hydrogens (tertiary/aromatic N) is 1. The summed E-state index contributed by atoms with van der Waals surface area (Å²) in [5.41, 5.74) is 1.93. The summed E-state index contributed by atoms with van der Waals surface area (Å²) in [5.74, 6) is 0. The lowest BCUT2D eigenvalue weighted by molar-refractivity contribution is 1.46. The summed E-state index contributed by atoms with van der Waals surface area (Å²) in [6.07, 6.45) is 0. The van der Waals surface area contributed by atoms with E-state index in [9.17, 15) is 0 Å². The molecule has 2 aromatic rings. The quantitative estimate of drug-likeness (QED) is 0.716. The van der Waals surface area contributed by atoms with Gasteiger partial charge in [0.05, 0.1) is 22.0 Å². The van der Waals surface area contributed by atoms with Gasteiger partial charge in [0.15, 0.2) is 0 Å². The van der Waals surface area contributed by atoms with Gasteiger partial charge < -0.3 is 5.32 Å².